The minimum atomic E-state index is -4.82. The molecule has 1 saturated heterocycles. The molecule has 1 heterocycles. The van der Waals surface area contributed by atoms with E-state index in [9.17, 15) is 22.8 Å². The van der Waals surface area contributed by atoms with E-state index in [2.05, 4.69) is 10.1 Å². The van der Waals surface area contributed by atoms with Gasteiger partial charge in [-0.2, -0.15) is 0 Å². The van der Waals surface area contributed by atoms with E-state index in [0.717, 1.165) is 17.2 Å². The SMILES string of the molecule is COc1cc(C2(C(=O)NC3CCN(c4cccc(OC(F)(F)F)c4)C3=O)CC2)ccc1C. The lowest BCUT2D eigenvalue weighted by molar-refractivity contribution is -0.274. The molecular formula is C23H23F3N2O4. The zero-order chi connectivity index (χ0) is 23.1. The van der Waals surface area contributed by atoms with Crippen molar-refractivity contribution in [2.45, 2.75) is 44.0 Å². The zero-order valence-corrected chi connectivity index (χ0v) is 17.7. The number of nitrogens with zero attached hydrogens (tertiary/aromatic N) is 1. The highest BCUT2D eigenvalue weighted by atomic mass is 19.4. The number of halogens is 3. The van der Waals surface area contributed by atoms with E-state index in [1.165, 1.54) is 23.1 Å². The van der Waals surface area contributed by atoms with E-state index >= 15 is 0 Å². The van der Waals surface area contributed by atoms with Crippen molar-refractivity contribution < 1.29 is 32.2 Å². The highest BCUT2D eigenvalue weighted by molar-refractivity contribution is 6.03. The number of ether oxygens (including phenoxy) is 2. The molecule has 4 rings (SSSR count). The lowest BCUT2D eigenvalue weighted by Gasteiger charge is -2.21. The van der Waals surface area contributed by atoms with E-state index in [1.807, 2.05) is 25.1 Å². The standard InChI is InChI=1S/C23H23F3N2O4/c1-14-6-7-15(12-19(14)31-2)22(9-10-22)21(30)27-18-8-11-28(20(18)29)16-4-3-5-17(13-16)32-23(24,25)26/h3-7,12-13,18H,8-11H2,1-2H3,(H,27,30). The minimum Gasteiger partial charge on any atom is -0.496 e. The second-order valence-corrected chi connectivity index (χ2v) is 8.12. The van der Waals surface area contributed by atoms with Gasteiger partial charge in [0.25, 0.3) is 0 Å². The van der Waals surface area contributed by atoms with E-state index in [0.29, 0.717) is 25.0 Å². The van der Waals surface area contributed by atoms with Crippen LogP contribution in [0.2, 0.25) is 0 Å². The van der Waals surface area contributed by atoms with E-state index < -0.39 is 23.6 Å². The van der Waals surface area contributed by atoms with Gasteiger partial charge in [-0.3, -0.25) is 9.59 Å². The first kappa shape index (κ1) is 22.0. The van der Waals surface area contributed by atoms with Gasteiger partial charge in [0.1, 0.15) is 17.5 Å². The maximum Gasteiger partial charge on any atom is 0.573 e. The Balaban J connectivity index is 1.46. The summed E-state index contributed by atoms with van der Waals surface area (Å²) in [7, 11) is 1.58. The summed E-state index contributed by atoms with van der Waals surface area (Å²) in [5, 5.41) is 2.85. The molecule has 2 aromatic rings. The zero-order valence-electron chi connectivity index (χ0n) is 17.7. The molecule has 9 heteroatoms. The Hall–Kier alpha value is -3.23. The number of aryl methyl sites for hydroxylation is 1. The van der Waals surface area contributed by atoms with Gasteiger partial charge in [-0.05, 0) is 55.5 Å². The van der Waals surface area contributed by atoms with Crippen molar-refractivity contribution in [3.05, 3.63) is 53.6 Å². The minimum absolute atomic E-state index is 0.224. The van der Waals surface area contributed by atoms with E-state index in [1.54, 1.807) is 7.11 Å². The van der Waals surface area contributed by atoms with Crippen LogP contribution < -0.4 is 19.7 Å². The van der Waals surface area contributed by atoms with Crippen LogP contribution in [-0.4, -0.2) is 37.9 Å². The van der Waals surface area contributed by atoms with Crippen molar-refractivity contribution in [2.75, 3.05) is 18.6 Å². The van der Waals surface area contributed by atoms with Crippen molar-refractivity contribution in [1.82, 2.24) is 5.32 Å². The van der Waals surface area contributed by atoms with Crippen LogP contribution in [0.15, 0.2) is 42.5 Å². The number of carbonyl (C=O) groups is 2. The van der Waals surface area contributed by atoms with Crippen LogP contribution >= 0.6 is 0 Å². The summed E-state index contributed by atoms with van der Waals surface area (Å²) in [5.74, 6) is -0.288. The van der Waals surface area contributed by atoms with Crippen LogP contribution in [0.25, 0.3) is 0 Å². The number of rotatable bonds is 6. The third-order valence-electron chi connectivity index (χ3n) is 6.02. The molecule has 0 bridgehead atoms. The third kappa shape index (κ3) is 4.24. The Morgan fingerprint density at radius 2 is 1.94 bits per heavy atom. The number of carbonyl (C=O) groups excluding carboxylic acids is 2. The smallest absolute Gasteiger partial charge is 0.496 e. The van der Waals surface area contributed by atoms with E-state index in [-0.39, 0.29) is 24.0 Å². The predicted octanol–water partition coefficient (Wildman–Crippen LogP) is 3.86. The van der Waals surface area contributed by atoms with Crippen LogP contribution in [-0.2, 0) is 15.0 Å². The number of nitrogens with one attached hydrogen (secondary N) is 1. The predicted molar refractivity (Wildman–Crippen MR) is 111 cm³/mol. The molecule has 32 heavy (non-hydrogen) atoms. The largest absolute Gasteiger partial charge is 0.573 e. The maximum absolute atomic E-state index is 13.1. The molecule has 0 spiro atoms. The molecule has 1 N–H and O–H groups in total. The number of anilines is 1. The topological polar surface area (TPSA) is 67.9 Å². The number of amides is 2. The quantitative estimate of drug-likeness (QED) is 0.729. The fraction of sp³-hybridized carbons (Fsp3) is 0.391. The van der Waals surface area contributed by atoms with Gasteiger partial charge in [0, 0.05) is 18.3 Å². The summed E-state index contributed by atoms with van der Waals surface area (Å²) in [4.78, 5) is 27.4. The molecule has 1 unspecified atom stereocenters. The summed E-state index contributed by atoms with van der Waals surface area (Å²) in [6.07, 6.45) is -3.11. The van der Waals surface area contributed by atoms with Crippen molar-refractivity contribution in [3.8, 4) is 11.5 Å². The monoisotopic (exact) mass is 448 g/mol. The highest BCUT2D eigenvalue weighted by Crippen LogP contribution is 2.49. The summed E-state index contributed by atoms with van der Waals surface area (Å²) in [6, 6.07) is 10.2. The fourth-order valence-corrected chi connectivity index (χ4v) is 4.10. The van der Waals surface area contributed by atoms with Gasteiger partial charge in [-0.1, -0.05) is 18.2 Å². The first-order valence-corrected chi connectivity index (χ1v) is 10.3. The van der Waals surface area contributed by atoms with Crippen molar-refractivity contribution in [2.24, 2.45) is 0 Å². The number of methoxy groups -OCH3 is 1. The molecule has 2 aliphatic rings. The van der Waals surface area contributed by atoms with Crippen molar-refractivity contribution in [3.63, 3.8) is 0 Å². The Morgan fingerprint density at radius 3 is 2.59 bits per heavy atom. The molecule has 1 aliphatic heterocycles. The molecule has 0 radical (unpaired) electrons. The molecule has 1 atom stereocenters. The summed E-state index contributed by atoms with van der Waals surface area (Å²) < 4.78 is 46.8. The molecule has 1 aliphatic carbocycles. The van der Waals surface area contributed by atoms with Crippen LogP contribution in [0.5, 0.6) is 11.5 Å². The Morgan fingerprint density at radius 1 is 1.19 bits per heavy atom. The maximum atomic E-state index is 13.1. The molecule has 2 amide bonds. The lowest BCUT2D eigenvalue weighted by Crippen LogP contribution is -2.45. The Labute approximate surface area is 183 Å². The van der Waals surface area contributed by atoms with Crippen LogP contribution in [0.1, 0.15) is 30.4 Å². The second kappa shape index (κ2) is 8.03. The third-order valence-corrected chi connectivity index (χ3v) is 6.02. The number of hydrogen-bond acceptors (Lipinski definition) is 4. The average molecular weight is 448 g/mol. The fourth-order valence-electron chi connectivity index (χ4n) is 4.10. The van der Waals surface area contributed by atoms with Crippen molar-refractivity contribution >= 4 is 17.5 Å². The van der Waals surface area contributed by atoms with Gasteiger partial charge < -0.3 is 19.7 Å². The lowest BCUT2D eigenvalue weighted by atomic mass is 9.93. The van der Waals surface area contributed by atoms with Crippen LogP contribution in [0.3, 0.4) is 0 Å². The normalized spacial score (nSPS) is 19.6. The van der Waals surface area contributed by atoms with Gasteiger partial charge >= 0.3 is 6.36 Å². The van der Waals surface area contributed by atoms with Gasteiger partial charge in [-0.25, -0.2) is 0 Å². The van der Waals surface area contributed by atoms with Crippen molar-refractivity contribution in [1.29, 1.82) is 0 Å². The van der Waals surface area contributed by atoms with Crippen LogP contribution in [0, 0.1) is 6.92 Å². The Kier molecular flexibility index (Phi) is 5.52. The van der Waals surface area contributed by atoms with Gasteiger partial charge in [0.2, 0.25) is 11.8 Å². The number of alkyl halides is 3. The molecule has 2 aromatic carbocycles. The van der Waals surface area contributed by atoms with Gasteiger partial charge in [0.15, 0.2) is 0 Å². The highest BCUT2D eigenvalue weighted by Gasteiger charge is 2.52. The van der Waals surface area contributed by atoms with E-state index in [4.69, 9.17) is 4.74 Å². The molecule has 2 fully saturated rings. The van der Waals surface area contributed by atoms with Gasteiger partial charge in [0.05, 0.1) is 12.5 Å². The molecule has 6 nitrogen and oxygen atoms in total. The van der Waals surface area contributed by atoms with Crippen LogP contribution in [0.4, 0.5) is 18.9 Å². The first-order chi connectivity index (χ1) is 15.1. The molecule has 1 saturated carbocycles. The summed E-state index contributed by atoms with van der Waals surface area (Å²) in [5.41, 5.74) is 1.41. The molecular weight excluding hydrogens is 425 g/mol. The molecule has 0 aromatic heterocycles. The summed E-state index contributed by atoms with van der Waals surface area (Å²) >= 11 is 0. The Bertz CT molecular complexity index is 1050. The van der Waals surface area contributed by atoms with Gasteiger partial charge in [-0.15, -0.1) is 13.2 Å². The first-order valence-electron chi connectivity index (χ1n) is 10.3. The summed E-state index contributed by atoms with van der Waals surface area (Å²) in [6.45, 7) is 2.20. The molecule has 170 valence electrons. The second-order valence-electron chi connectivity index (χ2n) is 8.12. The number of benzene rings is 2. The number of hydrogen-bond donors (Lipinski definition) is 1. The average Bonchev–Trinajstić information content (AvgIpc) is 3.47.